The fourth-order valence-electron chi connectivity index (χ4n) is 3.88. The lowest BCUT2D eigenvalue weighted by molar-refractivity contribution is 0.623. The molecular formula is C26H37N2P. The van der Waals surface area contributed by atoms with Gasteiger partial charge in [0.15, 0.2) is 0 Å². The summed E-state index contributed by atoms with van der Waals surface area (Å²) < 4.78 is 2.64. The molecule has 0 unspecified atom stereocenters. The van der Waals surface area contributed by atoms with E-state index in [1.807, 2.05) is 6.08 Å². The van der Waals surface area contributed by atoms with Gasteiger partial charge in [0.25, 0.3) is 0 Å². The Morgan fingerprint density at radius 2 is 1.76 bits per heavy atom. The highest BCUT2D eigenvalue weighted by Gasteiger charge is 2.27. The van der Waals surface area contributed by atoms with Gasteiger partial charge < -0.3 is 4.67 Å². The van der Waals surface area contributed by atoms with Crippen molar-refractivity contribution in [1.29, 1.82) is 0 Å². The molecule has 29 heavy (non-hydrogen) atoms. The van der Waals surface area contributed by atoms with E-state index >= 15 is 0 Å². The first-order valence-corrected chi connectivity index (χ1v) is 12.3. The van der Waals surface area contributed by atoms with Crippen molar-refractivity contribution in [2.45, 2.75) is 72.6 Å². The Morgan fingerprint density at radius 1 is 1.07 bits per heavy atom. The van der Waals surface area contributed by atoms with Gasteiger partial charge in [0.2, 0.25) is 0 Å². The predicted molar refractivity (Wildman–Crippen MR) is 132 cm³/mol. The van der Waals surface area contributed by atoms with Crippen LogP contribution < -0.4 is 0 Å². The van der Waals surface area contributed by atoms with Crippen LogP contribution in [0.3, 0.4) is 0 Å². The zero-order valence-electron chi connectivity index (χ0n) is 19.2. The molecule has 3 heteroatoms. The fraction of sp³-hybridized carbons (Fsp3) is 0.462. The molecule has 0 fully saturated rings. The largest absolute Gasteiger partial charge is 0.344 e. The van der Waals surface area contributed by atoms with Gasteiger partial charge in [-0.3, -0.25) is 4.99 Å². The summed E-state index contributed by atoms with van der Waals surface area (Å²) in [5.74, 6) is 0. The zero-order valence-corrected chi connectivity index (χ0v) is 20.1. The number of rotatable bonds is 9. The number of benzene rings is 1. The Bertz CT molecular complexity index is 828. The van der Waals surface area contributed by atoms with E-state index in [2.05, 4.69) is 101 Å². The quantitative estimate of drug-likeness (QED) is 0.231. The fourth-order valence-corrected chi connectivity index (χ4v) is 7.00. The maximum atomic E-state index is 5.04. The molecule has 0 aliphatic heterocycles. The monoisotopic (exact) mass is 408 g/mol. The molecule has 0 amide bonds. The van der Waals surface area contributed by atoms with Crippen molar-refractivity contribution < 1.29 is 0 Å². The Balaban J connectivity index is 2.49. The summed E-state index contributed by atoms with van der Waals surface area (Å²) in [6.07, 6.45) is 10.6. The summed E-state index contributed by atoms with van der Waals surface area (Å²) >= 11 is 0. The average Bonchev–Trinajstić information content (AvgIpc) is 2.92. The molecule has 0 radical (unpaired) electrons. The molecule has 0 N–H and O–H groups in total. The molecule has 0 atom stereocenters. The van der Waals surface area contributed by atoms with Crippen molar-refractivity contribution in [2.75, 3.05) is 6.54 Å². The zero-order chi connectivity index (χ0) is 21.4. The van der Waals surface area contributed by atoms with Crippen LogP contribution in [0.15, 0.2) is 70.6 Å². The van der Waals surface area contributed by atoms with Gasteiger partial charge in [-0.05, 0) is 74.6 Å². The van der Waals surface area contributed by atoms with Gasteiger partial charge >= 0.3 is 0 Å². The van der Waals surface area contributed by atoms with E-state index in [-0.39, 0.29) is 8.07 Å². The minimum Gasteiger partial charge on any atom is -0.344 e. The smallest absolute Gasteiger partial charge is 0.0661 e. The Labute approximate surface area is 179 Å². The van der Waals surface area contributed by atoms with Crippen LogP contribution in [0, 0.1) is 0 Å². The van der Waals surface area contributed by atoms with Crippen molar-refractivity contribution in [1.82, 2.24) is 4.67 Å². The Morgan fingerprint density at radius 3 is 2.38 bits per heavy atom. The van der Waals surface area contributed by atoms with Gasteiger partial charge in [0, 0.05) is 11.4 Å². The van der Waals surface area contributed by atoms with E-state index < -0.39 is 0 Å². The van der Waals surface area contributed by atoms with E-state index in [1.165, 1.54) is 16.8 Å². The number of nitrogens with zero attached hydrogens (tertiary/aromatic N) is 2. The highest BCUT2D eigenvalue weighted by Crippen LogP contribution is 2.52. The van der Waals surface area contributed by atoms with Crippen molar-refractivity contribution in [3.05, 3.63) is 71.1 Å². The second kappa shape index (κ2) is 11.3. The molecule has 0 bridgehead atoms. The summed E-state index contributed by atoms with van der Waals surface area (Å²) in [6, 6.07) is 8.50. The minimum absolute atomic E-state index is 0.346. The standard InChI is InChI=1S/C26H37N2P/c1-8-23-15-13-14-17-25(23)27-22(7)19-28(29(20(3)4)21(5)6)26-18-12-10-11-16-24(26)9-2/h10,12-18,20-21H,8-9,19H2,1-7H3. The van der Waals surface area contributed by atoms with E-state index in [1.54, 1.807) is 0 Å². The van der Waals surface area contributed by atoms with E-state index in [0.29, 0.717) is 11.3 Å². The molecule has 2 nitrogen and oxygen atoms in total. The Hall–Kier alpha value is -1.88. The van der Waals surface area contributed by atoms with Crippen molar-refractivity contribution in [2.24, 2.45) is 4.99 Å². The molecule has 1 aromatic carbocycles. The predicted octanol–water partition coefficient (Wildman–Crippen LogP) is 7.80. The third-order valence-corrected chi connectivity index (χ3v) is 8.12. The van der Waals surface area contributed by atoms with Crippen LogP contribution in [0.1, 0.15) is 60.5 Å². The topological polar surface area (TPSA) is 15.6 Å². The van der Waals surface area contributed by atoms with E-state index in [9.17, 15) is 0 Å². The first kappa shape index (κ1) is 23.4. The number of allylic oxidation sites excluding steroid dienone is 4. The summed E-state index contributed by atoms with van der Waals surface area (Å²) in [6.45, 7) is 16.9. The van der Waals surface area contributed by atoms with E-state index in [4.69, 9.17) is 4.99 Å². The molecule has 1 aliphatic rings. The van der Waals surface area contributed by atoms with Crippen LogP contribution in [-0.4, -0.2) is 28.2 Å². The van der Waals surface area contributed by atoms with Crippen LogP contribution in [0.25, 0.3) is 0 Å². The number of hydrogen-bond donors (Lipinski definition) is 0. The second-order valence-corrected chi connectivity index (χ2v) is 11.4. The van der Waals surface area contributed by atoms with Crippen molar-refractivity contribution in [3.63, 3.8) is 0 Å². The van der Waals surface area contributed by atoms with Crippen LogP contribution in [0.5, 0.6) is 0 Å². The molecule has 0 heterocycles. The summed E-state index contributed by atoms with van der Waals surface area (Å²) in [7, 11) is -0.346. The first-order chi connectivity index (χ1) is 13.9. The van der Waals surface area contributed by atoms with Crippen molar-refractivity contribution in [3.8, 4) is 0 Å². The number of aliphatic imine (C=N–C) groups is 1. The van der Waals surface area contributed by atoms with Gasteiger partial charge in [0.05, 0.1) is 12.2 Å². The normalized spacial score (nSPS) is 14.5. The summed E-state index contributed by atoms with van der Waals surface area (Å²) in [5, 5.41) is 0. The van der Waals surface area contributed by atoms with Crippen molar-refractivity contribution >= 4 is 19.5 Å². The molecule has 2 rings (SSSR count). The third-order valence-electron chi connectivity index (χ3n) is 5.09. The summed E-state index contributed by atoms with van der Waals surface area (Å²) in [4.78, 5) is 5.04. The number of aryl methyl sites for hydroxylation is 1. The number of para-hydroxylation sites is 1. The first-order valence-electron chi connectivity index (χ1n) is 10.9. The SMILES string of the molecule is CCC1=C(N(CC(C)=Nc2ccccc2CC)P(C(C)C)C(C)C)C=CC=C=C1. The minimum atomic E-state index is -0.346. The van der Waals surface area contributed by atoms with Crippen LogP contribution >= 0.6 is 8.07 Å². The van der Waals surface area contributed by atoms with Crippen LogP contribution in [-0.2, 0) is 6.42 Å². The van der Waals surface area contributed by atoms with Gasteiger partial charge in [-0.25, -0.2) is 0 Å². The third kappa shape index (κ3) is 6.30. The van der Waals surface area contributed by atoms with Gasteiger partial charge in [0.1, 0.15) is 0 Å². The highest BCUT2D eigenvalue weighted by molar-refractivity contribution is 7.56. The molecule has 0 saturated heterocycles. The van der Waals surface area contributed by atoms with Gasteiger partial charge in [-0.2, -0.15) is 0 Å². The Kier molecular flexibility index (Phi) is 9.15. The van der Waals surface area contributed by atoms with Crippen LogP contribution in [0.4, 0.5) is 5.69 Å². The second-order valence-electron chi connectivity index (χ2n) is 8.06. The summed E-state index contributed by atoms with van der Waals surface area (Å²) in [5.41, 5.74) is 10.8. The van der Waals surface area contributed by atoms with E-state index in [0.717, 1.165) is 30.8 Å². The highest BCUT2D eigenvalue weighted by atomic mass is 31.1. The van der Waals surface area contributed by atoms with Gasteiger partial charge in [-0.15, -0.1) is 5.73 Å². The molecule has 1 aliphatic carbocycles. The maximum Gasteiger partial charge on any atom is 0.0661 e. The maximum absolute atomic E-state index is 5.04. The molecule has 0 aromatic heterocycles. The lowest BCUT2D eigenvalue weighted by Gasteiger charge is -2.40. The lowest BCUT2D eigenvalue weighted by atomic mass is 10.1. The van der Waals surface area contributed by atoms with Gasteiger partial charge in [-0.1, -0.05) is 65.8 Å². The molecule has 156 valence electrons. The number of hydrogen-bond acceptors (Lipinski definition) is 2. The molecule has 1 aromatic rings. The molecule has 0 saturated carbocycles. The van der Waals surface area contributed by atoms with Crippen LogP contribution in [0.2, 0.25) is 0 Å². The average molecular weight is 409 g/mol. The lowest BCUT2D eigenvalue weighted by Crippen LogP contribution is -2.29. The molecular weight excluding hydrogens is 371 g/mol. The molecule has 0 spiro atoms.